The van der Waals surface area contributed by atoms with Crippen LogP contribution in [-0.2, 0) is 0 Å². The number of nitrogens with one attached hydrogen (secondary N) is 1. The summed E-state index contributed by atoms with van der Waals surface area (Å²) in [6.45, 7) is 0. The van der Waals surface area contributed by atoms with Gasteiger partial charge in [-0.15, -0.1) is 5.10 Å². The maximum Gasteiger partial charge on any atom is 0.362 e. The second-order valence-corrected chi connectivity index (χ2v) is 5.48. The number of guanidine groups is 1. The van der Waals surface area contributed by atoms with Gasteiger partial charge in [0.05, 0.1) is 5.71 Å². The fourth-order valence-electron chi connectivity index (χ4n) is 3.31. The Morgan fingerprint density at radius 2 is 1.53 bits per heavy atom. The number of nitrogens with two attached hydrogens (primary N) is 2. The average molecular weight is 237 g/mol. The average Bonchev–Trinajstić information content (AvgIpc) is 2.38. The summed E-state index contributed by atoms with van der Waals surface area (Å²) in [7, 11) is 0. The molecule has 0 heterocycles. The van der Waals surface area contributed by atoms with Crippen LogP contribution < -0.4 is 16.6 Å². The number of hydrazone groups is 1. The van der Waals surface area contributed by atoms with E-state index in [9.17, 15) is 0 Å². The first kappa shape index (κ1) is 12.4. The van der Waals surface area contributed by atoms with E-state index in [4.69, 9.17) is 11.5 Å². The van der Waals surface area contributed by atoms with E-state index in [2.05, 4.69) is 10.2 Å². The molecule has 4 heteroatoms. The number of nitrogens with zero attached hydrogens (tertiary/aromatic N) is 1. The quantitative estimate of drug-likeness (QED) is 0.371. The molecule has 0 aromatic carbocycles. The van der Waals surface area contributed by atoms with Crippen LogP contribution in [0.3, 0.4) is 0 Å². The van der Waals surface area contributed by atoms with Crippen LogP contribution in [0.1, 0.15) is 57.8 Å². The Labute approximate surface area is 104 Å². The lowest BCUT2D eigenvalue weighted by molar-refractivity contribution is -0.464. The minimum atomic E-state index is 0.187. The third kappa shape index (κ3) is 3.72. The van der Waals surface area contributed by atoms with Crippen LogP contribution in [0, 0.1) is 11.8 Å². The van der Waals surface area contributed by atoms with Crippen molar-refractivity contribution < 1.29 is 5.10 Å². The minimum absolute atomic E-state index is 0.187. The summed E-state index contributed by atoms with van der Waals surface area (Å²) in [6, 6.07) is 0. The molecule has 4 nitrogen and oxygen atoms in total. The molecule has 0 aromatic heterocycles. The van der Waals surface area contributed by atoms with E-state index in [0.29, 0.717) is 0 Å². The van der Waals surface area contributed by atoms with Crippen molar-refractivity contribution in [3.8, 4) is 0 Å². The Morgan fingerprint density at radius 1 is 0.941 bits per heavy atom. The summed E-state index contributed by atoms with van der Waals surface area (Å²) < 4.78 is 0. The topological polar surface area (TPSA) is 78.4 Å². The largest absolute Gasteiger partial charge is 0.362 e. The minimum Gasteiger partial charge on any atom is -0.289 e. The lowest BCUT2D eigenvalue weighted by atomic mass is 9.73. The summed E-state index contributed by atoms with van der Waals surface area (Å²) in [4.78, 5) is 0. The second kappa shape index (κ2) is 6.03. The Morgan fingerprint density at radius 3 is 2.12 bits per heavy atom. The van der Waals surface area contributed by atoms with Crippen molar-refractivity contribution in [1.82, 2.24) is 0 Å². The van der Waals surface area contributed by atoms with Gasteiger partial charge in [0.15, 0.2) is 0 Å². The molecule has 17 heavy (non-hydrogen) atoms. The summed E-state index contributed by atoms with van der Waals surface area (Å²) in [5, 5.41) is 6.91. The first-order chi connectivity index (χ1) is 8.25. The molecule has 2 rings (SSSR count). The van der Waals surface area contributed by atoms with Gasteiger partial charge in [0, 0.05) is 0 Å². The zero-order chi connectivity index (χ0) is 12.1. The molecule has 96 valence electrons. The van der Waals surface area contributed by atoms with Crippen LogP contribution in [0.2, 0.25) is 0 Å². The Hall–Kier alpha value is -1.06. The molecular weight excluding hydrogens is 212 g/mol. The molecule has 0 aliphatic heterocycles. The Bertz CT molecular complexity index is 289. The summed E-state index contributed by atoms with van der Waals surface area (Å²) >= 11 is 0. The van der Waals surface area contributed by atoms with Crippen LogP contribution in [0.25, 0.3) is 0 Å². The predicted octanol–water partition coefficient (Wildman–Crippen LogP) is 0.467. The molecule has 0 unspecified atom stereocenters. The van der Waals surface area contributed by atoms with E-state index in [1.54, 1.807) is 0 Å². The molecule has 0 atom stereocenters. The lowest BCUT2D eigenvalue weighted by Crippen LogP contribution is -2.73. The molecule has 0 amide bonds. The lowest BCUT2D eigenvalue weighted by Gasteiger charge is -2.33. The summed E-state index contributed by atoms with van der Waals surface area (Å²) in [5.74, 6) is 2.12. The zero-order valence-corrected chi connectivity index (χ0v) is 10.6. The smallest absolute Gasteiger partial charge is 0.289 e. The molecule has 2 fully saturated rings. The van der Waals surface area contributed by atoms with E-state index in [0.717, 1.165) is 24.7 Å². The molecule has 0 radical (unpaired) electrons. The first-order valence-electron chi connectivity index (χ1n) is 6.95. The van der Waals surface area contributed by atoms with Gasteiger partial charge in [-0.2, -0.15) is 5.10 Å². The predicted molar refractivity (Wildman–Crippen MR) is 70.3 cm³/mol. The van der Waals surface area contributed by atoms with Crippen molar-refractivity contribution in [2.24, 2.45) is 28.4 Å². The molecule has 0 bridgehead atoms. The van der Waals surface area contributed by atoms with Crippen molar-refractivity contribution >= 4 is 11.7 Å². The fourth-order valence-corrected chi connectivity index (χ4v) is 3.31. The van der Waals surface area contributed by atoms with Gasteiger partial charge in [0.25, 0.3) is 0 Å². The summed E-state index contributed by atoms with van der Waals surface area (Å²) in [5.41, 5.74) is 11.9. The van der Waals surface area contributed by atoms with Crippen LogP contribution in [0.4, 0.5) is 0 Å². The Kier molecular flexibility index (Phi) is 4.40. The summed E-state index contributed by atoms with van der Waals surface area (Å²) in [6.07, 6.45) is 12.1. The molecule has 0 spiro atoms. The highest BCUT2D eigenvalue weighted by atomic mass is 15.3. The van der Waals surface area contributed by atoms with Gasteiger partial charge in [0.1, 0.15) is 0 Å². The van der Waals surface area contributed by atoms with Crippen molar-refractivity contribution in [1.29, 1.82) is 0 Å². The third-order valence-corrected chi connectivity index (χ3v) is 4.27. The van der Waals surface area contributed by atoms with Crippen LogP contribution in [0.5, 0.6) is 0 Å². The highest BCUT2D eigenvalue weighted by Gasteiger charge is 2.26. The monoisotopic (exact) mass is 237 g/mol. The van der Waals surface area contributed by atoms with Gasteiger partial charge >= 0.3 is 5.96 Å². The highest BCUT2D eigenvalue weighted by Crippen LogP contribution is 2.37. The van der Waals surface area contributed by atoms with Crippen molar-refractivity contribution in [2.75, 3.05) is 0 Å². The van der Waals surface area contributed by atoms with E-state index in [1.807, 2.05) is 0 Å². The standard InChI is InChI=1S/C13H24N4/c14-13(15)17-16-12-8-6-11(7-9-12)10-4-2-1-3-5-10/h10-11H,1-9H2,(H4,14,15,17)/p+1. The van der Waals surface area contributed by atoms with Gasteiger partial charge < -0.3 is 0 Å². The highest BCUT2D eigenvalue weighted by molar-refractivity contribution is 5.84. The number of hydrogen-bond donors (Lipinski definition) is 3. The first-order valence-corrected chi connectivity index (χ1v) is 6.95. The Balaban J connectivity index is 1.81. The van der Waals surface area contributed by atoms with Crippen LogP contribution in [0.15, 0.2) is 5.10 Å². The number of hydrogen-bond acceptors (Lipinski definition) is 1. The van der Waals surface area contributed by atoms with E-state index < -0.39 is 0 Å². The van der Waals surface area contributed by atoms with Crippen molar-refractivity contribution in [2.45, 2.75) is 57.8 Å². The third-order valence-electron chi connectivity index (χ3n) is 4.27. The van der Waals surface area contributed by atoms with Crippen LogP contribution >= 0.6 is 0 Å². The van der Waals surface area contributed by atoms with E-state index in [1.165, 1.54) is 50.7 Å². The van der Waals surface area contributed by atoms with Gasteiger partial charge in [-0.25, -0.2) is 0 Å². The molecule has 0 saturated heterocycles. The van der Waals surface area contributed by atoms with Crippen molar-refractivity contribution in [3.05, 3.63) is 0 Å². The van der Waals surface area contributed by atoms with Crippen molar-refractivity contribution in [3.63, 3.8) is 0 Å². The van der Waals surface area contributed by atoms with Gasteiger partial charge in [-0.3, -0.25) is 11.5 Å². The van der Waals surface area contributed by atoms with E-state index in [-0.39, 0.29) is 5.96 Å². The molecule has 2 saturated carbocycles. The number of rotatable bonds is 2. The van der Waals surface area contributed by atoms with Crippen LogP contribution in [-0.4, -0.2) is 11.7 Å². The normalized spacial score (nSPS) is 26.6. The van der Waals surface area contributed by atoms with Gasteiger partial charge in [-0.1, -0.05) is 32.1 Å². The second-order valence-electron chi connectivity index (χ2n) is 5.48. The SMILES string of the molecule is NC(N)=[NH+]N=C1CCC(C2CCCCC2)CC1. The molecule has 2 aliphatic rings. The molecular formula is C13H25N4+. The van der Waals surface area contributed by atoms with Gasteiger partial charge in [-0.05, 0) is 37.5 Å². The maximum absolute atomic E-state index is 5.33. The van der Waals surface area contributed by atoms with E-state index >= 15 is 0 Å². The molecule has 2 aliphatic carbocycles. The molecule has 0 aromatic rings. The maximum atomic E-state index is 5.33. The van der Waals surface area contributed by atoms with Gasteiger partial charge in [0.2, 0.25) is 0 Å². The molecule has 5 N–H and O–H groups in total. The zero-order valence-electron chi connectivity index (χ0n) is 10.6. The fraction of sp³-hybridized carbons (Fsp3) is 0.846.